The van der Waals surface area contributed by atoms with E-state index in [4.69, 9.17) is 0 Å². The summed E-state index contributed by atoms with van der Waals surface area (Å²) in [7, 11) is 2.05. The molecule has 0 saturated heterocycles. The molecule has 0 radical (unpaired) electrons. The van der Waals surface area contributed by atoms with Crippen molar-refractivity contribution in [3.8, 4) is 0 Å². The lowest BCUT2D eigenvalue weighted by atomic mass is 9.99. The Labute approximate surface area is 135 Å². The number of aromatic nitrogens is 2. The Morgan fingerprint density at radius 1 is 1.38 bits per heavy atom. The maximum Gasteiger partial charge on any atom is 0.108 e. The summed E-state index contributed by atoms with van der Waals surface area (Å²) in [5.41, 5.74) is 2.64. The van der Waals surface area contributed by atoms with Gasteiger partial charge in [-0.3, -0.25) is 0 Å². The highest BCUT2D eigenvalue weighted by Gasteiger charge is 2.15. The van der Waals surface area contributed by atoms with Gasteiger partial charge in [-0.1, -0.05) is 40.5 Å². The highest BCUT2D eigenvalue weighted by Crippen LogP contribution is 2.27. The topological polar surface area (TPSA) is 29.9 Å². The van der Waals surface area contributed by atoms with Gasteiger partial charge in [-0.15, -0.1) is 0 Å². The van der Waals surface area contributed by atoms with Crippen LogP contribution in [0.3, 0.4) is 0 Å². The van der Waals surface area contributed by atoms with Gasteiger partial charge in [0, 0.05) is 36.4 Å². The van der Waals surface area contributed by atoms with Gasteiger partial charge in [0.15, 0.2) is 0 Å². The van der Waals surface area contributed by atoms with Crippen molar-refractivity contribution in [1.29, 1.82) is 0 Å². The van der Waals surface area contributed by atoms with Crippen molar-refractivity contribution in [2.24, 2.45) is 7.05 Å². The van der Waals surface area contributed by atoms with Crippen molar-refractivity contribution in [2.75, 3.05) is 6.54 Å². The SMILES string of the molecule is CCCNC(CCc1nccn1C)c1cc(C)ccc1Br. The number of hydrogen-bond acceptors (Lipinski definition) is 2. The van der Waals surface area contributed by atoms with Crippen molar-refractivity contribution in [1.82, 2.24) is 14.9 Å². The number of hydrogen-bond donors (Lipinski definition) is 1. The molecule has 0 fully saturated rings. The highest BCUT2D eigenvalue weighted by molar-refractivity contribution is 9.10. The Kier molecular flexibility index (Phi) is 6.00. The first-order valence-corrected chi connectivity index (χ1v) is 8.36. The van der Waals surface area contributed by atoms with Gasteiger partial charge in [0.1, 0.15) is 5.82 Å². The Morgan fingerprint density at radius 3 is 2.86 bits per heavy atom. The summed E-state index contributed by atoms with van der Waals surface area (Å²) in [5.74, 6) is 1.14. The largest absolute Gasteiger partial charge is 0.338 e. The minimum Gasteiger partial charge on any atom is -0.338 e. The van der Waals surface area contributed by atoms with Crippen LogP contribution in [0.25, 0.3) is 0 Å². The van der Waals surface area contributed by atoms with Crippen molar-refractivity contribution in [2.45, 2.75) is 39.2 Å². The molecule has 1 atom stereocenters. The quantitative estimate of drug-likeness (QED) is 0.812. The first-order valence-electron chi connectivity index (χ1n) is 7.57. The van der Waals surface area contributed by atoms with Gasteiger partial charge in [0.25, 0.3) is 0 Å². The van der Waals surface area contributed by atoms with E-state index in [1.807, 2.05) is 12.4 Å². The predicted octanol–water partition coefficient (Wildman–Crippen LogP) is 4.16. The second kappa shape index (κ2) is 7.76. The average molecular weight is 350 g/mol. The number of nitrogens with one attached hydrogen (secondary N) is 1. The molecule has 1 unspecified atom stereocenters. The summed E-state index contributed by atoms with van der Waals surface area (Å²) in [6.45, 7) is 5.38. The predicted molar refractivity (Wildman–Crippen MR) is 91.4 cm³/mol. The van der Waals surface area contributed by atoms with E-state index in [2.05, 4.69) is 69.9 Å². The Balaban J connectivity index is 2.13. The standard InChI is InChI=1S/C17H24BrN3/c1-4-9-19-16(7-8-17-20-10-11-21(17)3)14-12-13(2)5-6-15(14)18/h5-6,10-12,16,19H,4,7-9H2,1-3H3. The van der Waals surface area contributed by atoms with E-state index in [0.717, 1.165) is 31.6 Å². The molecule has 0 saturated carbocycles. The molecule has 2 rings (SSSR count). The molecule has 1 aromatic heterocycles. The minimum absolute atomic E-state index is 0.357. The van der Waals surface area contributed by atoms with Crippen LogP contribution in [-0.2, 0) is 13.5 Å². The molecule has 3 nitrogen and oxygen atoms in total. The van der Waals surface area contributed by atoms with E-state index < -0.39 is 0 Å². The molecule has 0 amide bonds. The first-order chi connectivity index (χ1) is 10.1. The summed E-state index contributed by atoms with van der Waals surface area (Å²) in [6, 6.07) is 6.92. The zero-order valence-electron chi connectivity index (χ0n) is 13.1. The molecule has 0 aliphatic heterocycles. The van der Waals surface area contributed by atoms with Crippen LogP contribution in [0, 0.1) is 6.92 Å². The zero-order chi connectivity index (χ0) is 15.2. The summed E-state index contributed by atoms with van der Waals surface area (Å²) in [5, 5.41) is 3.67. The number of rotatable bonds is 7. The molecule has 0 spiro atoms. The van der Waals surface area contributed by atoms with Gasteiger partial charge in [-0.25, -0.2) is 4.98 Å². The van der Waals surface area contributed by atoms with Crippen molar-refractivity contribution < 1.29 is 0 Å². The molecule has 1 aromatic carbocycles. The second-order valence-electron chi connectivity index (χ2n) is 5.52. The van der Waals surface area contributed by atoms with E-state index in [-0.39, 0.29) is 0 Å². The van der Waals surface area contributed by atoms with E-state index in [9.17, 15) is 0 Å². The third-order valence-corrected chi connectivity index (χ3v) is 4.47. The van der Waals surface area contributed by atoms with Crippen molar-refractivity contribution in [3.63, 3.8) is 0 Å². The molecule has 21 heavy (non-hydrogen) atoms. The van der Waals surface area contributed by atoms with Gasteiger partial charge < -0.3 is 9.88 Å². The van der Waals surface area contributed by atoms with Crippen molar-refractivity contribution >= 4 is 15.9 Å². The van der Waals surface area contributed by atoms with Crippen LogP contribution in [0.5, 0.6) is 0 Å². The van der Waals surface area contributed by atoms with Crippen LogP contribution >= 0.6 is 15.9 Å². The van der Waals surface area contributed by atoms with Gasteiger partial charge in [0.2, 0.25) is 0 Å². The third-order valence-electron chi connectivity index (χ3n) is 3.75. The molecule has 4 heteroatoms. The van der Waals surface area contributed by atoms with Crippen LogP contribution in [0.2, 0.25) is 0 Å². The molecule has 0 aliphatic carbocycles. The molecule has 0 aliphatic rings. The number of imidazole rings is 1. The lowest BCUT2D eigenvalue weighted by Gasteiger charge is -2.21. The molecule has 2 aromatic rings. The number of nitrogens with zero attached hydrogens (tertiary/aromatic N) is 2. The van der Waals surface area contributed by atoms with E-state index >= 15 is 0 Å². The summed E-state index contributed by atoms with van der Waals surface area (Å²) >= 11 is 3.70. The molecular weight excluding hydrogens is 326 g/mol. The first kappa shape index (κ1) is 16.2. The lowest BCUT2D eigenvalue weighted by molar-refractivity contribution is 0.489. The average Bonchev–Trinajstić information content (AvgIpc) is 2.87. The number of halogens is 1. The molecule has 1 heterocycles. The van der Waals surface area contributed by atoms with Gasteiger partial charge in [-0.2, -0.15) is 0 Å². The van der Waals surface area contributed by atoms with Crippen LogP contribution in [0.4, 0.5) is 0 Å². The Hall–Kier alpha value is -1.13. The summed E-state index contributed by atoms with van der Waals surface area (Å²) in [4.78, 5) is 4.43. The highest BCUT2D eigenvalue weighted by atomic mass is 79.9. The van der Waals surface area contributed by atoms with Crippen LogP contribution in [0.1, 0.15) is 42.8 Å². The molecule has 1 N–H and O–H groups in total. The fraction of sp³-hybridized carbons (Fsp3) is 0.471. The maximum atomic E-state index is 4.43. The van der Waals surface area contributed by atoms with E-state index in [1.165, 1.54) is 15.6 Å². The Morgan fingerprint density at radius 2 is 2.19 bits per heavy atom. The second-order valence-corrected chi connectivity index (χ2v) is 6.38. The monoisotopic (exact) mass is 349 g/mol. The number of aryl methyl sites for hydroxylation is 3. The van der Waals surface area contributed by atoms with Gasteiger partial charge in [-0.05, 0) is 37.9 Å². The number of benzene rings is 1. The molecule has 114 valence electrons. The van der Waals surface area contributed by atoms with E-state index in [1.54, 1.807) is 0 Å². The minimum atomic E-state index is 0.357. The fourth-order valence-corrected chi connectivity index (χ4v) is 3.05. The van der Waals surface area contributed by atoms with Crippen LogP contribution in [0.15, 0.2) is 35.1 Å². The third kappa shape index (κ3) is 4.42. The lowest BCUT2D eigenvalue weighted by Crippen LogP contribution is -2.23. The van der Waals surface area contributed by atoms with Crippen molar-refractivity contribution in [3.05, 3.63) is 52.0 Å². The fourth-order valence-electron chi connectivity index (χ4n) is 2.53. The van der Waals surface area contributed by atoms with Crippen LogP contribution < -0.4 is 5.32 Å². The summed E-state index contributed by atoms with van der Waals surface area (Å²) < 4.78 is 3.28. The van der Waals surface area contributed by atoms with Gasteiger partial charge in [0.05, 0.1) is 0 Å². The molecular formula is C17H24BrN3. The van der Waals surface area contributed by atoms with Crippen LogP contribution in [-0.4, -0.2) is 16.1 Å². The smallest absolute Gasteiger partial charge is 0.108 e. The molecule has 0 bridgehead atoms. The Bertz CT molecular complexity index is 577. The summed E-state index contributed by atoms with van der Waals surface area (Å²) in [6.07, 6.45) is 7.04. The maximum absolute atomic E-state index is 4.43. The normalized spacial score (nSPS) is 12.6. The van der Waals surface area contributed by atoms with Gasteiger partial charge >= 0.3 is 0 Å². The van der Waals surface area contributed by atoms with E-state index in [0.29, 0.717) is 6.04 Å². The zero-order valence-corrected chi connectivity index (χ0v) is 14.7.